The highest BCUT2D eigenvalue weighted by atomic mass is 16.2. The van der Waals surface area contributed by atoms with E-state index in [9.17, 15) is 4.79 Å². The molecule has 21 heavy (non-hydrogen) atoms. The molecular formula is C17H17N3O. The van der Waals surface area contributed by atoms with E-state index in [2.05, 4.69) is 22.8 Å². The molecule has 2 aromatic carbocycles. The van der Waals surface area contributed by atoms with Gasteiger partial charge in [-0.2, -0.15) is 5.26 Å². The number of hydrogen-bond acceptors (Lipinski definition) is 2. The summed E-state index contributed by atoms with van der Waals surface area (Å²) >= 11 is 0. The first-order valence-corrected chi connectivity index (χ1v) is 6.87. The quantitative estimate of drug-likeness (QED) is 0.825. The number of carbonyl (C=O) groups is 1. The van der Waals surface area contributed by atoms with Gasteiger partial charge in [0.15, 0.2) is 0 Å². The summed E-state index contributed by atoms with van der Waals surface area (Å²) in [5, 5.41) is 14.3. The molecule has 4 nitrogen and oxygen atoms in total. The minimum atomic E-state index is -0.252. The summed E-state index contributed by atoms with van der Waals surface area (Å²) in [4.78, 5) is 11.7. The van der Waals surface area contributed by atoms with Crippen molar-refractivity contribution < 1.29 is 4.79 Å². The first kappa shape index (κ1) is 14.6. The highest BCUT2D eigenvalue weighted by molar-refractivity contribution is 5.89. The Labute approximate surface area is 124 Å². The number of amides is 2. The molecule has 0 aliphatic carbocycles. The van der Waals surface area contributed by atoms with Crippen LogP contribution in [0.5, 0.6) is 0 Å². The average molecular weight is 279 g/mol. The van der Waals surface area contributed by atoms with E-state index in [0.29, 0.717) is 17.8 Å². The molecule has 2 N–H and O–H groups in total. The molecule has 0 heterocycles. The SMILES string of the molecule is N#Cc1cccc(NC(=O)NCCCc2ccccc2)c1. The van der Waals surface area contributed by atoms with Crippen LogP contribution in [0.3, 0.4) is 0 Å². The van der Waals surface area contributed by atoms with Gasteiger partial charge in [-0.1, -0.05) is 36.4 Å². The zero-order valence-corrected chi connectivity index (χ0v) is 11.7. The van der Waals surface area contributed by atoms with Gasteiger partial charge in [0, 0.05) is 12.2 Å². The van der Waals surface area contributed by atoms with Gasteiger partial charge in [-0.3, -0.25) is 0 Å². The highest BCUT2D eigenvalue weighted by Crippen LogP contribution is 2.09. The Hall–Kier alpha value is -2.80. The molecule has 0 saturated heterocycles. The summed E-state index contributed by atoms with van der Waals surface area (Å²) in [6.07, 6.45) is 1.82. The van der Waals surface area contributed by atoms with E-state index < -0.39 is 0 Å². The van der Waals surface area contributed by atoms with Crippen LogP contribution in [0.2, 0.25) is 0 Å². The van der Waals surface area contributed by atoms with Crippen LogP contribution in [0.4, 0.5) is 10.5 Å². The standard InChI is InChI=1S/C17H17N3O/c18-13-15-8-4-10-16(12-15)20-17(21)19-11-5-9-14-6-2-1-3-7-14/h1-4,6-8,10,12H,5,9,11H2,(H2,19,20,21). The number of nitrogens with zero attached hydrogens (tertiary/aromatic N) is 1. The molecule has 106 valence electrons. The maximum Gasteiger partial charge on any atom is 0.319 e. The average Bonchev–Trinajstić information content (AvgIpc) is 2.53. The summed E-state index contributed by atoms with van der Waals surface area (Å²) in [5.41, 5.74) is 2.41. The van der Waals surface area contributed by atoms with Crippen LogP contribution in [0, 0.1) is 11.3 Å². The Kier molecular flexibility index (Phi) is 5.36. The van der Waals surface area contributed by atoms with Crippen molar-refractivity contribution in [1.29, 1.82) is 5.26 Å². The first-order valence-electron chi connectivity index (χ1n) is 6.87. The lowest BCUT2D eigenvalue weighted by atomic mass is 10.1. The molecule has 2 amide bonds. The van der Waals surface area contributed by atoms with E-state index in [-0.39, 0.29) is 6.03 Å². The zero-order valence-electron chi connectivity index (χ0n) is 11.7. The molecule has 0 aliphatic rings. The number of benzene rings is 2. The lowest BCUT2D eigenvalue weighted by Crippen LogP contribution is -2.29. The van der Waals surface area contributed by atoms with Crippen LogP contribution in [-0.2, 0) is 6.42 Å². The van der Waals surface area contributed by atoms with Crippen LogP contribution in [0.25, 0.3) is 0 Å². The van der Waals surface area contributed by atoms with Crippen molar-refractivity contribution in [3.05, 3.63) is 65.7 Å². The van der Waals surface area contributed by atoms with Crippen LogP contribution in [0.15, 0.2) is 54.6 Å². The van der Waals surface area contributed by atoms with E-state index in [1.54, 1.807) is 24.3 Å². The first-order chi connectivity index (χ1) is 10.3. The molecule has 0 bridgehead atoms. The van der Waals surface area contributed by atoms with Crippen molar-refractivity contribution in [1.82, 2.24) is 5.32 Å². The molecule has 2 rings (SSSR count). The summed E-state index contributed by atoms with van der Waals surface area (Å²) in [5.74, 6) is 0. The van der Waals surface area contributed by atoms with Crippen LogP contribution in [-0.4, -0.2) is 12.6 Å². The summed E-state index contributed by atoms with van der Waals surface area (Å²) < 4.78 is 0. The molecule has 0 fully saturated rings. The van der Waals surface area contributed by atoms with E-state index >= 15 is 0 Å². The van der Waals surface area contributed by atoms with E-state index in [1.807, 2.05) is 24.3 Å². The van der Waals surface area contributed by atoms with Gasteiger partial charge in [-0.05, 0) is 36.6 Å². The molecule has 0 spiro atoms. The van der Waals surface area contributed by atoms with Crippen LogP contribution < -0.4 is 10.6 Å². The number of nitriles is 1. The van der Waals surface area contributed by atoms with Crippen molar-refractivity contribution in [3.63, 3.8) is 0 Å². The Morgan fingerprint density at radius 3 is 2.67 bits per heavy atom. The fourth-order valence-electron chi connectivity index (χ4n) is 1.98. The third kappa shape index (κ3) is 5.00. The fourth-order valence-corrected chi connectivity index (χ4v) is 1.98. The topological polar surface area (TPSA) is 64.9 Å². The second kappa shape index (κ2) is 7.71. The third-order valence-corrected chi connectivity index (χ3v) is 3.02. The summed E-state index contributed by atoms with van der Waals surface area (Å²) in [7, 11) is 0. The molecule has 0 radical (unpaired) electrons. The minimum absolute atomic E-state index is 0.252. The summed E-state index contributed by atoms with van der Waals surface area (Å²) in [6, 6.07) is 18.8. The van der Waals surface area contributed by atoms with Gasteiger partial charge >= 0.3 is 6.03 Å². The van der Waals surface area contributed by atoms with Crippen molar-refractivity contribution in [2.24, 2.45) is 0 Å². The molecule has 4 heteroatoms. The van der Waals surface area contributed by atoms with Crippen molar-refractivity contribution in [3.8, 4) is 6.07 Å². The Morgan fingerprint density at radius 2 is 1.90 bits per heavy atom. The number of urea groups is 1. The van der Waals surface area contributed by atoms with E-state index in [4.69, 9.17) is 5.26 Å². The van der Waals surface area contributed by atoms with Gasteiger partial charge in [0.1, 0.15) is 0 Å². The summed E-state index contributed by atoms with van der Waals surface area (Å²) in [6.45, 7) is 0.610. The maximum atomic E-state index is 11.7. The Balaban J connectivity index is 1.71. The molecular weight excluding hydrogens is 262 g/mol. The molecule has 2 aromatic rings. The molecule has 0 saturated carbocycles. The molecule has 0 atom stereocenters. The maximum absolute atomic E-state index is 11.7. The number of carbonyl (C=O) groups excluding carboxylic acids is 1. The third-order valence-electron chi connectivity index (χ3n) is 3.02. The second-order valence-electron chi connectivity index (χ2n) is 4.66. The number of nitrogens with one attached hydrogen (secondary N) is 2. The van der Waals surface area contributed by atoms with Gasteiger partial charge in [0.05, 0.1) is 11.6 Å². The molecule has 0 aromatic heterocycles. The van der Waals surface area contributed by atoms with E-state index in [1.165, 1.54) is 5.56 Å². The Morgan fingerprint density at radius 1 is 1.10 bits per heavy atom. The lowest BCUT2D eigenvalue weighted by Gasteiger charge is -2.07. The zero-order chi connectivity index (χ0) is 14.9. The van der Waals surface area contributed by atoms with Gasteiger partial charge in [0.2, 0.25) is 0 Å². The monoisotopic (exact) mass is 279 g/mol. The Bertz CT molecular complexity index is 632. The van der Waals surface area contributed by atoms with Gasteiger partial charge in [0.25, 0.3) is 0 Å². The predicted molar refractivity (Wildman–Crippen MR) is 82.9 cm³/mol. The predicted octanol–water partition coefficient (Wildman–Crippen LogP) is 3.31. The number of aryl methyl sites for hydroxylation is 1. The smallest absolute Gasteiger partial charge is 0.319 e. The van der Waals surface area contributed by atoms with Crippen molar-refractivity contribution >= 4 is 11.7 Å². The lowest BCUT2D eigenvalue weighted by molar-refractivity contribution is 0.252. The fraction of sp³-hybridized carbons (Fsp3) is 0.176. The molecule has 0 aliphatic heterocycles. The number of anilines is 1. The molecule has 0 unspecified atom stereocenters. The van der Waals surface area contributed by atoms with Gasteiger partial charge in [-0.15, -0.1) is 0 Å². The van der Waals surface area contributed by atoms with Gasteiger partial charge in [-0.25, -0.2) is 4.79 Å². The minimum Gasteiger partial charge on any atom is -0.338 e. The normalized spacial score (nSPS) is 9.67. The van der Waals surface area contributed by atoms with Crippen LogP contribution in [0.1, 0.15) is 17.5 Å². The largest absolute Gasteiger partial charge is 0.338 e. The number of hydrogen-bond donors (Lipinski definition) is 2. The van der Waals surface area contributed by atoms with Crippen molar-refractivity contribution in [2.75, 3.05) is 11.9 Å². The highest BCUT2D eigenvalue weighted by Gasteiger charge is 2.01. The van der Waals surface area contributed by atoms with Crippen molar-refractivity contribution in [2.45, 2.75) is 12.8 Å². The second-order valence-corrected chi connectivity index (χ2v) is 4.66. The van der Waals surface area contributed by atoms with E-state index in [0.717, 1.165) is 12.8 Å². The van der Waals surface area contributed by atoms with Crippen LogP contribution >= 0.6 is 0 Å². The number of rotatable bonds is 5. The van der Waals surface area contributed by atoms with Gasteiger partial charge < -0.3 is 10.6 Å².